The first kappa shape index (κ1) is 81.6. The maximum atomic E-state index is 12.4. The molecule has 0 aromatic rings. The first-order valence-electron chi connectivity index (χ1n) is 38.5. The fourth-order valence-corrected chi connectivity index (χ4v) is 12.5. The summed E-state index contributed by atoms with van der Waals surface area (Å²) in [6, 6.07) is -0.621. The number of rotatable bonds is 73. The van der Waals surface area contributed by atoms with Gasteiger partial charge in [-0.1, -0.05) is 411 Å². The third-order valence-electron chi connectivity index (χ3n) is 18.3. The number of esters is 1. The molecule has 494 valence electrons. The van der Waals surface area contributed by atoms with E-state index in [0.29, 0.717) is 19.4 Å². The van der Waals surface area contributed by atoms with Gasteiger partial charge in [-0.05, 0) is 32.1 Å². The topological polar surface area (TPSA) is 95.9 Å². The molecule has 0 bridgehead atoms. The molecule has 0 aliphatic carbocycles. The normalized spacial score (nSPS) is 12.5. The van der Waals surface area contributed by atoms with E-state index in [0.717, 1.165) is 38.5 Å². The van der Waals surface area contributed by atoms with Gasteiger partial charge in [-0.25, -0.2) is 0 Å². The molecule has 0 rings (SSSR count). The molecule has 0 radical (unpaired) electrons. The Balaban J connectivity index is 3.27. The van der Waals surface area contributed by atoms with E-state index >= 15 is 0 Å². The maximum Gasteiger partial charge on any atom is 0.305 e. The highest BCUT2D eigenvalue weighted by atomic mass is 16.5. The van der Waals surface area contributed by atoms with E-state index in [1.165, 1.54) is 379 Å². The minimum atomic E-state index is -0.838. The third kappa shape index (κ3) is 69.6. The van der Waals surface area contributed by atoms with Crippen molar-refractivity contribution in [1.82, 2.24) is 5.32 Å². The van der Waals surface area contributed by atoms with E-state index in [4.69, 9.17) is 4.74 Å². The Labute approximate surface area is 520 Å². The van der Waals surface area contributed by atoms with Crippen molar-refractivity contribution in [3.05, 3.63) is 12.2 Å². The van der Waals surface area contributed by atoms with E-state index in [1.807, 2.05) is 6.08 Å². The minimum Gasteiger partial charge on any atom is -0.466 e. The van der Waals surface area contributed by atoms with E-state index in [-0.39, 0.29) is 18.5 Å². The van der Waals surface area contributed by atoms with Crippen LogP contribution in [0.25, 0.3) is 0 Å². The lowest BCUT2D eigenvalue weighted by Gasteiger charge is -2.20. The largest absolute Gasteiger partial charge is 0.466 e. The monoisotopic (exact) mass is 1170 g/mol. The zero-order chi connectivity index (χ0) is 59.9. The number of amides is 1. The smallest absolute Gasteiger partial charge is 0.305 e. The molecular formula is C77H151NO5. The summed E-state index contributed by atoms with van der Waals surface area (Å²) in [5.41, 5.74) is 0. The number of aliphatic hydroxyl groups excluding tert-OH is 2. The van der Waals surface area contributed by atoms with Gasteiger partial charge in [0.15, 0.2) is 0 Å². The number of allylic oxidation sites excluding steroid dienone is 1. The fourth-order valence-electron chi connectivity index (χ4n) is 12.5. The first-order valence-corrected chi connectivity index (χ1v) is 38.5. The Bertz CT molecular complexity index is 1260. The number of nitrogens with one attached hydrogen (secondary N) is 1. The molecule has 0 saturated heterocycles. The highest BCUT2D eigenvalue weighted by Gasteiger charge is 2.18. The number of aliphatic hydroxyl groups is 2. The zero-order valence-corrected chi connectivity index (χ0v) is 56.7. The summed E-state index contributed by atoms with van der Waals surface area (Å²) in [4.78, 5) is 24.6. The number of carbonyl (C=O) groups excluding carboxylic acids is 2. The minimum absolute atomic E-state index is 0.0286. The molecule has 2 atom stereocenters. The SMILES string of the molecule is CCCCCCCCCCC/C=C/C(O)C(CO)NC(=O)CCCCCCCCCCCCCCCCCCCCCCCCCCCCCCCCCCCCCCCOC(=O)CCCCCCCCCCCCCCCCCCCC. The van der Waals surface area contributed by atoms with Gasteiger partial charge in [0, 0.05) is 12.8 Å². The van der Waals surface area contributed by atoms with E-state index in [2.05, 4.69) is 19.2 Å². The molecule has 0 spiro atoms. The molecule has 0 aromatic carbocycles. The Kier molecular flexibility index (Phi) is 71.8. The highest BCUT2D eigenvalue weighted by molar-refractivity contribution is 5.76. The molecule has 1 amide bonds. The summed E-state index contributed by atoms with van der Waals surface area (Å²) >= 11 is 0. The van der Waals surface area contributed by atoms with Crippen LogP contribution in [0.4, 0.5) is 0 Å². The second-order valence-corrected chi connectivity index (χ2v) is 26.7. The predicted octanol–water partition coefficient (Wildman–Crippen LogP) is 25.1. The molecule has 0 aromatic heterocycles. The van der Waals surface area contributed by atoms with Crippen LogP contribution in [-0.4, -0.2) is 47.4 Å². The summed E-state index contributed by atoms with van der Waals surface area (Å²) in [5, 5.41) is 23.1. The van der Waals surface area contributed by atoms with Crippen molar-refractivity contribution in [1.29, 1.82) is 0 Å². The summed E-state index contributed by atoms with van der Waals surface area (Å²) in [7, 11) is 0. The van der Waals surface area contributed by atoms with Crippen molar-refractivity contribution >= 4 is 11.9 Å². The number of carbonyl (C=O) groups is 2. The van der Waals surface area contributed by atoms with Crippen LogP contribution in [0.3, 0.4) is 0 Å². The Morgan fingerprint density at radius 1 is 0.325 bits per heavy atom. The number of unbranched alkanes of at least 4 members (excludes halogenated alkanes) is 62. The highest BCUT2D eigenvalue weighted by Crippen LogP contribution is 2.20. The van der Waals surface area contributed by atoms with Crippen LogP contribution in [0.15, 0.2) is 12.2 Å². The fraction of sp³-hybridized carbons (Fsp3) is 0.948. The number of hydrogen-bond donors (Lipinski definition) is 3. The van der Waals surface area contributed by atoms with Crippen molar-refractivity contribution in [2.45, 2.75) is 456 Å². The molecule has 83 heavy (non-hydrogen) atoms. The first-order chi connectivity index (χ1) is 41.0. The van der Waals surface area contributed by atoms with Gasteiger partial charge in [0.2, 0.25) is 5.91 Å². The Morgan fingerprint density at radius 2 is 0.554 bits per heavy atom. The summed E-state index contributed by atoms with van der Waals surface area (Å²) in [6.07, 6.45) is 92.1. The number of hydrogen-bond acceptors (Lipinski definition) is 5. The molecule has 0 heterocycles. The van der Waals surface area contributed by atoms with Gasteiger partial charge in [-0.3, -0.25) is 9.59 Å². The van der Waals surface area contributed by atoms with Crippen LogP contribution in [0.2, 0.25) is 0 Å². The second-order valence-electron chi connectivity index (χ2n) is 26.7. The standard InChI is InChI=1S/C77H151NO5/c1-3-5-7-9-11-13-15-16-17-18-41-44-47-51-55-59-63-67-71-77(82)83-72-68-64-60-56-52-48-45-42-39-37-35-33-31-29-27-25-23-21-19-20-22-24-26-28-30-32-34-36-38-40-43-46-50-54-58-62-66-70-76(81)78-74(73-79)75(80)69-65-61-57-53-49-14-12-10-8-6-4-2/h65,69,74-75,79-80H,3-64,66-68,70-73H2,1-2H3,(H,78,81)/b69-65+. The summed E-state index contributed by atoms with van der Waals surface area (Å²) in [6.45, 7) is 4.94. The van der Waals surface area contributed by atoms with Gasteiger partial charge in [0.25, 0.3) is 0 Å². The van der Waals surface area contributed by atoms with E-state index in [9.17, 15) is 19.8 Å². The van der Waals surface area contributed by atoms with Crippen LogP contribution in [0.5, 0.6) is 0 Å². The second kappa shape index (κ2) is 73.1. The molecule has 3 N–H and O–H groups in total. The average molecular weight is 1170 g/mol. The molecular weight excluding hydrogens is 1020 g/mol. The van der Waals surface area contributed by atoms with Crippen LogP contribution >= 0.6 is 0 Å². The zero-order valence-electron chi connectivity index (χ0n) is 56.7. The maximum absolute atomic E-state index is 12.4. The van der Waals surface area contributed by atoms with Gasteiger partial charge in [0.1, 0.15) is 0 Å². The van der Waals surface area contributed by atoms with Crippen LogP contribution < -0.4 is 5.32 Å². The van der Waals surface area contributed by atoms with E-state index in [1.54, 1.807) is 6.08 Å². The summed E-state index contributed by atoms with van der Waals surface area (Å²) < 4.78 is 5.52. The van der Waals surface area contributed by atoms with Gasteiger partial charge >= 0.3 is 5.97 Å². The quantitative estimate of drug-likeness (QED) is 0.0320. The van der Waals surface area contributed by atoms with Crippen LogP contribution in [-0.2, 0) is 14.3 Å². The molecule has 0 saturated carbocycles. The van der Waals surface area contributed by atoms with Crippen LogP contribution in [0, 0.1) is 0 Å². The van der Waals surface area contributed by atoms with Gasteiger partial charge in [-0.2, -0.15) is 0 Å². The van der Waals surface area contributed by atoms with Gasteiger partial charge in [0.05, 0.1) is 25.4 Å². The van der Waals surface area contributed by atoms with Crippen molar-refractivity contribution in [3.63, 3.8) is 0 Å². The predicted molar refractivity (Wildman–Crippen MR) is 366 cm³/mol. The Hall–Kier alpha value is -1.40. The molecule has 2 unspecified atom stereocenters. The van der Waals surface area contributed by atoms with Crippen molar-refractivity contribution in [2.24, 2.45) is 0 Å². The lowest BCUT2D eigenvalue weighted by Crippen LogP contribution is -2.45. The van der Waals surface area contributed by atoms with Crippen molar-refractivity contribution in [2.75, 3.05) is 13.2 Å². The lowest BCUT2D eigenvalue weighted by atomic mass is 10.0. The summed E-state index contributed by atoms with van der Waals surface area (Å²) in [5.74, 6) is -0.0325. The van der Waals surface area contributed by atoms with E-state index < -0.39 is 12.1 Å². The van der Waals surface area contributed by atoms with Crippen molar-refractivity contribution < 1.29 is 24.5 Å². The van der Waals surface area contributed by atoms with Crippen LogP contribution in [0.1, 0.15) is 444 Å². The van der Waals surface area contributed by atoms with Gasteiger partial charge in [-0.15, -0.1) is 0 Å². The van der Waals surface area contributed by atoms with Crippen molar-refractivity contribution in [3.8, 4) is 0 Å². The van der Waals surface area contributed by atoms with Gasteiger partial charge < -0.3 is 20.3 Å². The molecule has 0 aliphatic rings. The third-order valence-corrected chi connectivity index (χ3v) is 18.3. The average Bonchev–Trinajstić information content (AvgIpc) is 3.50. The molecule has 0 fully saturated rings. The molecule has 0 aliphatic heterocycles. The molecule has 6 heteroatoms. The number of ether oxygens (including phenoxy) is 1. The molecule has 6 nitrogen and oxygen atoms in total. The Morgan fingerprint density at radius 3 is 0.819 bits per heavy atom. The lowest BCUT2D eigenvalue weighted by molar-refractivity contribution is -0.143.